The summed E-state index contributed by atoms with van der Waals surface area (Å²) in [6.45, 7) is 17.0. The van der Waals surface area contributed by atoms with Crippen LogP contribution in [0.2, 0.25) is 0 Å². The lowest BCUT2D eigenvalue weighted by Crippen LogP contribution is -2.35. The first-order valence-electron chi connectivity index (χ1n) is 6.73. The van der Waals surface area contributed by atoms with Crippen molar-refractivity contribution in [3.8, 4) is 0 Å². The summed E-state index contributed by atoms with van der Waals surface area (Å²) in [5, 5.41) is 0. The van der Waals surface area contributed by atoms with Crippen molar-refractivity contribution < 1.29 is 14.3 Å². The Morgan fingerprint density at radius 3 is 1.89 bits per heavy atom. The van der Waals surface area contributed by atoms with Crippen molar-refractivity contribution in [1.29, 1.82) is 0 Å². The highest BCUT2D eigenvalue weighted by Gasteiger charge is 2.30. The molecule has 0 aliphatic rings. The van der Waals surface area contributed by atoms with Crippen molar-refractivity contribution in [3.05, 3.63) is 0 Å². The number of hydrogen-bond acceptors (Lipinski definition) is 3. The van der Waals surface area contributed by atoms with Crippen molar-refractivity contribution >= 4 is 5.97 Å². The molecule has 0 aromatic carbocycles. The van der Waals surface area contributed by atoms with Crippen LogP contribution >= 0.6 is 0 Å². The minimum absolute atomic E-state index is 0.0682. The molecule has 0 aliphatic carbocycles. The van der Waals surface area contributed by atoms with Gasteiger partial charge in [-0.2, -0.15) is 0 Å². The molecule has 0 bridgehead atoms. The van der Waals surface area contributed by atoms with Crippen LogP contribution in [-0.4, -0.2) is 24.8 Å². The molecule has 0 aliphatic heterocycles. The van der Waals surface area contributed by atoms with Crippen LogP contribution in [0.25, 0.3) is 0 Å². The summed E-state index contributed by atoms with van der Waals surface area (Å²) in [6.07, 6.45) is 0.140. The third-order valence-corrected chi connectivity index (χ3v) is 2.40. The van der Waals surface area contributed by atoms with Gasteiger partial charge >= 0.3 is 5.97 Å². The fourth-order valence-corrected chi connectivity index (χ4v) is 1.43. The topological polar surface area (TPSA) is 35.5 Å². The number of ether oxygens (including phenoxy) is 2. The molecule has 0 spiro atoms. The molecule has 18 heavy (non-hydrogen) atoms. The molecule has 0 saturated carbocycles. The second kappa shape index (κ2) is 6.55. The maximum absolute atomic E-state index is 11.7. The van der Waals surface area contributed by atoms with Gasteiger partial charge in [0.25, 0.3) is 0 Å². The zero-order valence-electron chi connectivity index (χ0n) is 13.3. The third kappa shape index (κ3) is 8.51. The zero-order valence-corrected chi connectivity index (χ0v) is 13.3. The summed E-state index contributed by atoms with van der Waals surface area (Å²) >= 11 is 0. The molecule has 0 radical (unpaired) electrons. The van der Waals surface area contributed by atoms with Crippen LogP contribution in [0, 0.1) is 10.8 Å². The van der Waals surface area contributed by atoms with E-state index >= 15 is 0 Å². The lowest BCUT2D eigenvalue weighted by Gasteiger charge is -2.32. The molecule has 3 heteroatoms. The number of carbonyl (C=O) groups excluding carboxylic acids is 1. The number of esters is 1. The van der Waals surface area contributed by atoms with E-state index in [1.807, 2.05) is 13.8 Å². The van der Waals surface area contributed by atoms with E-state index in [9.17, 15) is 4.79 Å². The molecule has 108 valence electrons. The molecule has 0 fully saturated rings. The highest BCUT2D eigenvalue weighted by atomic mass is 16.5. The maximum Gasteiger partial charge on any atom is 0.308 e. The maximum atomic E-state index is 11.7. The molecule has 3 nitrogen and oxygen atoms in total. The van der Waals surface area contributed by atoms with E-state index in [0.717, 1.165) is 0 Å². The SMILES string of the molecule is CC(C)OC(=O)CC(OCC(C)(C)C)C(C)(C)C. The Balaban J connectivity index is 4.47. The smallest absolute Gasteiger partial charge is 0.308 e. The molecule has 0 rings (SSSR count). The van der Waals surface area contributed by atoms with E-state index in [0.29, 0.717) is 13.0 Å². The van der Waals surface area contributed by atoms with Gasteiger partial charge in [-0.3, -0.25) is 4.79 Å². The Hall–Kier alpha value is -0.570. The molecule has 0 aromatic heterocycles. The summed E-state index contributed by atoms with van der Waals surface area (Å²) in [5.41, 5.74) is 0.0344. The van der Waals surface area contributed by atoms with Crippen LogP contribution in [0.1, 0.15) is 61.8 Å². The van der Waals surface area contributed by atoms with Crippen molar-refractivity contribution in [2.75, 3.05) is 6.61 Å². The second-order valence-electron chi connectivity index (χ2n) is 7.47. The van der Waals surface area contributed by atoms with E-state index in [-0.39, 0.29) is 29.0 Å². The van der Waals surface area contributed by atoms with Crippen LogP contribution in [0.4, 0.5) is 0 Å². The highest BCUT2D eigenvalue weighted by molar-refractivity contribution is 5.70. The van der Waals surface area contributed by atoms with E-state index < -0.39 is 0 Å². The number of carbonyl (C=O) groups is 1. The summed E-state index contributed by atoms with van der Waals surface area (Å²) in [7, 11) is 0. The summed E-state index contributed by atoms with van der Waals surface area (Å²) in [5.74, 6) is -0.182. The van der Waals surface area contributed by atoms with Crippen LogP contribution in [0.15, 0.2) is 0 Å². The van der Waals surface area contributed by atoms with Gasteiger partial charge in [-0.1, -0.05) is 41.5 Å². The van der Waals surface area contributed by atoms with Gasteiger partial charge in [-0.25, -0.2) is 0 Å². The van der Waals surface area contributed by atoms with Crippen LogP contribution in [-0.2, 0) is 14.3 Å². The van der Waals surface area contributed by atoms with Crippen LogP contribution in [0.3, 0.4) is 0 Å². The molecular formula is C15H30O3. The monoisotopic (exact) mass is 258 g/mol. The molecule has 0 N–H and O–H groups in total. The van der Waals surface area contributed by atoms with Gasteiger partial charge in [0.2, 0.25) is 0 Å². The Morgan fingerprint density at radius 2 is 1.56 bits per heavy atom. The molecule has 0 saturated heterocycles. The fraction of sp³-hybridized carbons (Fsp3) is 0.933. The Bertz CT molecular complexity index is 256. The highest BCUT2D eigenvalue weighted by Crippen LogP contribution is 2.27. The fourth-order valence-electron chi connectivity index (χ4n) is 1.43. The van der Waals surface area contributed by atoms with E-state index in [2.05, 4.69) is 41.5 Å². The molecule has 1 unspecified atom stereocenters. The second-order valence-corrected chi connectivity index (χ2v) is 7.47. The predicted molar refractivity (Wildman–Crippen MR) is 74.5 cm³/mol. The minimum Gasteiger partial charge on any atom is -0.463 e. The average molecular weight is 258 g/mol. The van der Waals surface area contributed by atoms with E-state index in [1.165, 1.54) is 0 Å². The van der Waals surface area contributed by atoms with Crippen LogP contribution < -0.4 is 0 Å². The Morgan fingerprint density at radius 1 is 1.06 bits per heavy atom. The molecule has 0 heterocycles. The quantitative estimate of drug-likeness (QED) is 0.703. The lowest BCUT2D eigenvalue weighted by molar-refractivity contribution is -0.154. The minimum atomic E-state index is -0.182. The molecular weight excluding hydrogens is 228 g/mol. The van der Waals surface area contributed by atoms with Gasteiger partial charge in [0.15, 0.2) is 0 Å². The summed E-state index contributed by atoms with van der Waals surface area (Å²) in [6, 6.07) is 0. The third-order valence-electron chi connectivity index (χ3n) is 2.40. The van der Waals surface area contributed by atoms with Gasteiger partial charge in [0.1, 0.15) is 0 Å². The summed E-state index contributed by atoms with van der Waals surface area (Å²) in [4.78, 5) is 11.7. The summed E-state index contributed by atoms with van der Waals surface area (Å²) < 4.78 is 11.1. The molecule has 1 atom stereocenters. The van der Waals surface area contributed by atoms with Crippen LogP contribution in [0.5, 0.6) is 0 Å². The van der Waals surface area contributed by atoms with Gasteiger partial charge in [0.05, 0.1) is 25.2 Å². The molecule has 0 amide bonds. The number of hydrogen-bond donors (Lipinski definition) is 0. The largest absolute Gasteiger partial charge is 0.463 e. The standard InChI is InChI=1S/C15H30O3/c1-11(2)18-13(16)9-12(15(6,7)8)17-10-14(3,4)5/h11-12H,9-10H2,1-8H3. The van der Waals surface area contributed by atoms with Gasteiger partial charge in [-0.05, 0) is 24.7 Å². The predicted octanol–water partition coefficient (Wildman–Crippen LogP) is 3.81. The average Bonchev–Trinajstić information content (AvgIpc) is 2.07. The van der Waals surface area contributed by atoms with Crippen molar-refractivity contribution in [1.82, 2.24) is 0 Å². The van der Waals surface area contributed by atoms with Gasteiger partial charge in [0, 0.05) is 0 Å². The van der Waals surface area contributed by atoms with E-state index in [1.54, 1.807) is 0 Å². The molecule has 0 aromatic rings. The first kappa shape index (κ1) is 17.4. The Kier molecular flexibility index (Phi) is 6.35. The van der Waals surface area contributed by atoms with Crippen molar-refractivity contribution in [2.24, 2.45) is 10.8 Å². The van der Waals surface area contributed by atoms with Gasteiger partial charge in [-0.15, -0.1) is 0 Å². The van der Waals surface area contributed by atoms with Crippen molar-refractivity contribution in [3.63, 3.8) is 0 Å². The Labute approximate surface area is 112 Å². The number of rotatable bonds is 5. The van der Waals surface area contributed by atoms with Gasteiger partial charge < -0.3 is 9.47 Å². The van der Waals surface area contributed by atoms with E-state index in [4.69, 9.17) is 9.47 Å². The normalized spacial score (nSPS) is 14.7. The van der Waals surface area contributed by atoms with Crippen molar-refractivity contribution in [2.45, 2.75) is 74.0 Å². The first-order valence-corrected chi connectivity index (χ1v) is 6.73. The lowest BCUT2D eigenvalue weighted by atomic mass is 9.86. The zero-order chi connectivity index (χ0) is 14.6. The first-order chi connectivity index (χ1) is 7.92.